The van der Waals surface area contributed by atoms with E-state index in [1.54, 1.807) is 0 Å². The lowest BCUT2D eigenvalue weighted by molar-refractivity contribution is -0.142. The highest BCUT2D eigenvalue weighted by Crippen LogP contribution is 2.08. The summed E-state index contributed by atoms with van der Waals surface area (Å²) in [5.74, 6) is -2.20. The summed E-state index contributed by atoms with van der Waals surface area (Å²) in [6.07, 6.45) is 1.19. The topological polar surface area (TPSA) is 186 Å². The quantitative estimate of drug-likeness (QED) is 0.140. The number of aliphatic imine (C=N–C) groups is 1. The molecule has 1 rings (SSSR count). The maximum absolute atomic E-state index is 12.8. The molecule has 10 nitrogen and oxygen atoms in total. The molecule has 0 aromatic heterocycles. The summed E-state index contributed by atoms with van der Waals surface area (Å²) in [5.41, 5.74) is 17.4. The fourth-order valence-corrected chi connectivity index (χ4v) is 2.98. The third-order valence-corrected chi connectivity index (χ3v) is 4.54. The Morgan fingerprint density at radius 3 is 2.19 bits per heavy atom. The molecule has 0 unspecified atom stereocenters. The van der Waals surface area contributed by atoms with Gasteiger partial charge in [-0.1, -0.05) is 44.2 Å². The van der Waals surface area contributed by atoms with E-state index < -0.39 is 35.9 Å². The van der Waals surface area contributed by atoms with Crippen molar-refractivity contribution in [1.82, 2.24) is 10.6 Å². The summed E-state index contributed by atoms with van der Waals surface area (Å²) in [7, 11) is 0. The van der Waals surface area contributed by atoms with Gasteiger partial charge in [-0.3, -0.25) is 14.6 Å². The minimum atomic E-state index is -1.17. The van der Waals surface area contributed by atoms with Gasteiger partial charge in [-0.2, -0.15) is 0 Å². The van der Waals surface area contributed by atoms with Crippen LogP contribution in [0.5, 0.6) is 0 Å². The average Bonchev–Trinajstić information content (AvgIpc) is 2.69. The van der Waals surface area contributed by atoms with Gasteiger partial charge in [-0.15, -0.1) is 0 Å². The van der Waals surface area contributed by atoms with Gasteiger partial charge in [0.15, 0.2) is 5.96 Å². The minimum absolute atomic E-state index is 0.0811. The van der Waals surface area contributed by atoms with Gasteiger partial charge in [0.1, 0.15) is 12.1 Å². The Bertz CT molecular complexity index is 749. The molecule has 10 heteroatoms. The highest BCUT2D eigenvalue weighted by molar-refractivity contribution is 5.91. The third kappa shape index (κ3) is 10.4. The van der Waals surface area contributed by atoms with Gasteiger partial charge in [0.05, 0.1) is 6.04 Å². The van der Waals surface area contributed by atoms with Crippen LogP contribution in [0.25, 0.3) is 0 Å². The molecular weight excluding hydrogens is 400 g/mol. The van der Waals surface area contributed by atoms with Crippen LogP contribution < -0.4 is 27.8 Å². The lowest BCUT2D eigenvalue weighted by atomic mass is 10.0. The SMILES string of the molecule is CC(C)C[C@H](NC(=O)[C@H](N)Cc1ccccc1)C(=O)N[C@@H](CCCN=C(N)N)C(=O)O. The Balaban J connectivity index is 2.74. The van der Waals surface area contributed by atoms with Crippen molar-refractivity contribution in [1.29, 1.82) is 0 Å². The zero-order chi connectivity index (χ0) is 23.4. The van der Waals surface area contributed by atoms with Crippen LogP contribution in [-0.2, 0) is 20.8 Å². The van der Waals surface area contributed by atoms with Gasteiger partial charge < -0.3 is 32.9 Å². The molecule has 0 aliphatic heterocycles. The molecule has 0 saturated heterocycles. The maximum Gasteiger partial charge on any atom is 0.326 e. The van der Waals surface area contributed by atoms with Crippen LogP contribution in [0.2, 0.25) is 0 Å². The summed E-state index contributed by atoms with van der Waals surface area (Å²) in [6.45, 7) is 4.06. The number of carboxylic acids is 1. The predicted octanol–water partition coefficient (Wildman–Crippen LogP) is -0.290. The maximum atomic E-state index is 12.8. The van der Waals surface area contributed by atoms with Crippen molar-refractivity contribution in [3.8, 4) is 0 Å². The number of carboxylic acid groups (broad SMARTS) is 1. The second-order valence-electron chi connectivity index (χ2n) is 7.84. The summed E-state index contributed by atoms with van der Waals surface area (Å²) in [5, 5.41) is 14.6. The van der Waals surface area contributed by atoms with E-state index >= 15 is 0 Å². The van der Waals surface area contributed by atoms with Crippen LogP contribution in [0.4, 0.5) is 0 Å². The molecule has 31 heavy (non-hydrogen) atoms. The number of guanidine groups is 1. The number of nitrogens with zero attached hydrogens (tertiary/aromatic N) is 1. The normalized spacial score (nSPS) is 13.7. The second-order valence-corrected chi connectivity index (χ2v) is 7.84. The number of benzene rings is 1. The summed E-state index contributed by atoms with van der Waals surface area (Å²) in [6, 6.07) is 6.47. The molecule has 0 saturated carbocycles. The Morgan fingerprint density at radius 1 is 1.03 bits per heavy atom. The molecule has 0 aliphatic carbocycles. The van der Waals surface area contributed by atoms with Gasteiger partial charge in [0.2, 0.25) is 11.8 Å². The largest absolute Gasteiger partial charge is 0.480 e. The molecule has 2 amide bonds. The van der Waals surface area contributed by atoms with E-state index in [-0.39, 0.29) is 24.8 Å². The Kier molecular flexibility index (Phi) is 11.0. The molecule has 0 aliphatic rings. The zero-order valence-corrected chi connectivity index (χ0v) is 18.1. The van der Waals surface area contributed by atoms with E-state index in [0.29, 0.717) is 19.3 Å². The third-order valence-electron chi connectivity index (χ3n) is 4.54. The van der Waals surface area contributed by atoms with Crippen molar-refractivity contribution in [3.05, 3.63) is 35.9 Å². The van der Waals surface area contributed by atoms with Crippen molar-refractivity contribution in [2.45, 2.75) is 57.7 Å². The van der Waals surface area contributed by atoms with Gasteiger partial charge in [0, 0.05) is 6.54 Å². The zero-order valence-electron chi connectivity index (χ0n) is 18.1. The standard InChI is InChI=1S/C21H34N6O4/c1-13(2)11-17(27-18(28)15(22)12-14-7-4-3-5-8-14)19(29)26-16(20(30)31)9-6-10-25-21(23)24/h3-5,7-8,13,15-17H,6,9-12,22H2,1-2H3,(H,26,29)(H,27,28)(H,30,31)(H4,23,24,25)/t15-,16+,17+/m1/s1. The van der Waals surface area contributed by atoms with E-state index in [1.807, 2.05) is 44.2 Å². The molecule has 0 bridgehead atoms. The number of amides is 2. The average molecular weight is 435 g/mol. The number of nitrogens with one attached hydrogen (secondary N) is 2. The van der Waals surface area contributed by atoms with Crippen molar-refractivity contribution >= 4 is 23.7 Å². The second kappa shape index (κ2) is 13.2. The lowest BCUT2D eigenvalue weighted by Crippen LogP contribution is -2.55. The first-order chi connectivity index (χ1) is 14.6. The molecule has 3 atom stereocenters. The smallest absolute Gasteiger partial charge is 0.326 e. The van der Waals surface area contributed by atoms with Crippen molar-refractivity contribution < 1.29 is 19.5 Å². The van der Waals surface area contributed by atoms with Crippen molar-refractivity contribution in [2.75, 3.05) is 6.54 Å². The molecular formula is C21H34N6O4. The molecule has 9 N–H and O–H groups in total. The number of nitrogens with two attached hydrogens (primary N) is 3. The predicted molar refractivity (Wildman–Crippen MR) is 119 cm³/mol. The van der Waals surface area contributed by atoms with Crippen molar-refractivity contribution in [2.24, 2.45) is 28.1 Å². The number of rotatable bonds is 13. The first-order valence-electron chi connectivity index (χ1n) is 10.3. The molecule has 0 fully saturated rings. The van der Waals surface area contributed by atoms with Crippen molar-refractivity contribution in [3.63, 3.8) is 0 Å². The summed E-state index contributed by atoms with van der Waals surface area (Å²) >= 11 is 0. The first-order valence-corrected chi connectivity index (χ1v) is 10.3. The molecule has 1 aromatic rings. The van der Waals surface area contributed by atoms with Crippen LogP contribution in [0.1, 0.15) is 38.7 Å². The van der Waals surface area contributed by atoms with E-state index in [0.717, 1.165) is 5.56 Å². The Hall–Kier alpha value is -3.14. The number of carbonyl (C=O) groups is 3. The molecule has 172 valence electrons. The molecule has 0 heterocycles. The fraction of sp³-hybridized carbons (Fsp3) is 0.524. The van der Waals surface area contributed by atoms with Crippen LogP contribution in [0.15, 0.2) is 35.3 Å². The number of carbonyl (C=O) groups excluding carboxylic acids is 2. The van der Waals surface area contributed by atoms with Gasteiger partial charge in [-0.05, 0) is 37.2 Å². The van der Waals surface area contributed by atoms with Crippen LogP contribution in [-0.4, -0.2) is 53.5 Å². The van der Waals surface area contributed by atoms with Gasteiger partial charge in [0.25, 0.3) is 0 Å². The highest BCUT2D eigenvalue weighted by atomic mass is 16.4. The first kappa shape index (κ1) is 25.9. The van der Waals surface area contributed by atoms with E-state index in [1.165, 1.54) is 0 Å². The monoisotopic (exact) mass is 434 g/mol. The minimum Gasteiger partial charge on any atom is -0.480 e. The summed E-state index contributed by atoms with van der Waals surface area (Å²) in [4.78, 5) is 40.7. The van der Waals surface area contributed by atoms with E-state index in [4.69, 9.17) is 17.2 Å². The molecule has 1 aromatic carbocycles. The lowest BCUT2D eigenvalue weighted by Gasteiger charge is -2.24. The number of hydrogen-bond donors (Lipinski definition) is 6. The fourth-order valence-electron chi connectivity index (χ4n) is 2.98. The number of aliphatic carboxylic acids is 1. The highest BCUT2D eigenvalue weighted by Gasteiger charge is 2.28. The number of hydrogen-bond acceptors (Lipinski definition) is 5. The Morgan fingerprint density at radius 2 is 1.65 bits per heavy atom. The van der Waals surface area contributed by atoms with Crippen LogP contribution >= 0.6 is 0 Å². The Labute approximate surface area is 182 Å². The molecule has 0 radical (unpaired) electrons. The summed E-state index contributed by atoms with van der Waals surface area (Å²) < 4.78 is 0. The van der Waals surface area contributed by atoms with E-state index in [2.05, 4.69) is 15.6 Å². The van der Waals surface area contributed by atoms with Crippen LogP contribution in [0, 0.1) is 5.92 Å². The molecule has 0 spiro atoms. The van der Waals surface area contributed by atoms with Crippen LogP contribution in [0.3, 0.4) is 0 Å². The van der Waals surface area contributed by atoms with Gasteiger partial charge in [-0.25, -0.2) is 4.79 Å². The van der Waals surface area contributed by atoms with Gasteiger partial charge >= 0.3 is 5.97 Å². The van der Waals surface area contributed by atoms with E-state index in [9.17, 15) is 19.5 Å².